The number of carbonyl (C=O) groups excluding carboxylic acids is 1. The van der Waals surface area contributed by atoms with Crippen LogP contribution in [0.3, 0.4) is 0 Å². The minimum atomic E-state index is -0.135. The van der Waals surface area contributed by atoms with Gasteiger partial charge in [0, 0.05) is 25.3 Å². The summed E-state index contributed by atoms with van der Waals surface area (Å²) in [6, 6.07) is 11.7. The molecule has 1 heterocycles. The number of nitrogens with zero attached hydrogens (tertiary/aromatic N) is 2. The van der Waals surface area contributed by atoms with Crippen LogP contribution in [0.15, 0.2) is 36.4 Å². The van der Waals surface area contributed by atoms with Gasteiger partial charge in [0.25, 0.3) is 5.91 Å². The zero-order chi connectivity index (χ0) is 16.6. The van der Waals surface area contributed by atoms with Crippen LogP contribution in [-0.2, 0) is 0 Å². The average molecular weight is 325 g/mol. The third-order valence-corrected chi connectivity index (χ3v) is 4.91. The van der Waals surface area contributed by atoms with Crippen molar-refractivity contribution < 1.29 is 4.79 Å². The maximum atomic E-state index is 12.4. The Balaban J connectivity index is 1.85. The summed E-state index contributed by atoms with van der Waals surface area (Å²) >= 11 is 1.52. The molecular formula is C18H19N3OS. The van der Waals surface area contributed by atoms with E-state index in [0.29, 0.717) is 10.7 Å². The van der Waals surface area contributed by atoms with Crippen LogP contribution in [0.1, 0.15) is 21.5 Å². The number of anilines is 2. The number of carbonyl (C=O) groups is 1. The number of aryl methyl sites for hydroxylation is 2. The highest BCUT2D eigenvalue weighted by Gasteiger charge is 2.12. The van der Waals surface area contributed by atoms with Gasteiger partial charge >= 0.3 is 0 Å². The summed E-state index contributed by atoms with van der Waals surface area (Å²) in [5, 5.41) is 3.54. The minimum absolute atomic E-state index is 0.135. The predicted molar refractivity (Wildman–Crippen MR) is 97.8 cm³/mol. The van der Waals surface area contributed by atoms with Gasteiger partial charge in [0.15, 0.2) is 5.13 Å². The monoisotopic (exact) mass is 325 g/mol. The third kappa shape index (κ3) is 3.05. The Kier molecular flexibility index (Phi) is 4.05. The number of hydrogen-bond donors (Lipinski definition) is 1. The highest BCUT2D eigenvalue weighted by Crippen LogP contribution is 2.31. The summed E-state index contributed by atoms with van der Waals surface area (Å²) in [6.45, 7) is 4.10. The van der Waals surface area contributed by atoms with Gasteiger partial charge < -0.3 is 4.90 Å². The van der Waals surface area contributed by atoms with Gasteiger partial charge in [-0.3, -0.25) is 10.1 Å². The van der Waals surface area contributed by atoms with E-state index in [-0.39, 0.29) is 5.91 Å². The molecular weight excluding hydrogens is 306 g/mol. The molecule has 0 saturated carbocycles. The molecule has 0 aliphatic heterocycles. The first kappa shape index (κ1) is 15.5. The van der Waals surface area contributed by atoms with E-state index in [1.165, 1.54) is 16.9 Å². The van der Waals surface area contributed by atoms with E-state index < -0.39 is 0 Å². The second-order valence-electron chi connectivity index (χ2n) is 5.79. The molecule has 0 saturated heterocycles. The standard InChI is InChI=1S/C18H19N3OS/c1-11-5-6-12(2)16-15(11)19-18(23-16)20-17(22)13-7-9-14(10-8-13)21(3)4/h5-10H,1-4H3,(H,19,20,22). The van der Waals surface area contributed by atoms with Crippen molar-refractivity contribution in [3.8, 4) is 0 Å². The van der Waals surface area contributed by atoms with Crippen LogP contribution in [0.4, 0.5) is 10.8 Å². The minimum Gasteiger partial charge on any atom is -0.378 e. The van der Waals surface area contributed by atoms with E-state index >= 15 is 0 Å². The lowest BCUT2D eigenvalue weighted by atomic mass is 10.1. The van der Waals surface area contributed by atoms with E-state index in [2.05, 4.69) is 29.4 Å². The van der Waals surface area contributed by atoms with E-state index in [1.807, 2.05) is 50.2 Å². The molecule has 0 bridgehead atoms. The van der Waals surface area contributed by atoms with E-state index in [1.54, 1.807) is 0 Å². The number of aromatic nitrogens is 1. The SMILES string of the molecule is Cc1ccc(C)c2sc(NC(=O)c3ccc(N(C)C)cc3)nc12. The van der Waals surface area contributed by atoms with Crippen LogP contribution in [0.2, 0.25) is 0 Å². The number of amides is 1. The summed E-state index contributed by atoms with van der Waals surface area (Å²) in [7, 11) is 3.95. The smallest absolute Gasteiger partial charge is 0.257 e. The van der Waals surface area contributed by atoms with Crippen molar-refractivity contribution in [1.82, 2.24) is 4.98 Å². The topological polar surface area (TPSA) is 45.2 Å². The third-order valence-electron chi connectivity index (χ3n) is 3.81. The van der Waals surface area contributed by atoms with Crippen molar-refractivity contribution in [3.05, 3.63) is 53.1 Å². The van der Waals surface area contributed by atoms with E-state index in [9.17, 15) is 4.79 Å². The van der Waals surface area contributed by atoms with Gasteiger partial charge in [-0.25, -0.2) is 4.98 Å². The Hall–Kier alpha value is -2.40. The zero-order valence-electron chi connectivity index (χ0n) is 13.7. The number of fused-ring (bicyclic) bond motifs is 1. The van der Waals surface area contributed by atoms with Crippen LogP contribution in [-0.4, -0.2) is 25.0 Å². The van der Waals surface area contributed by atoms with E-state index in [0.717, 1.165) is 21.5 Å². The summed E-state index contributed by atoms with van der Waals surface area (Å²) in [6.07, 6.45) is 0. The van der Waals surface area contributed by atoms with Gasteiger partial charge in [0.2, 0.25) is 0 Å². The molecule has 3 aromatic rings. The molecule has 3 rings (SSSR count). The average Bonchev–Trinajstić information content (AvgIpc) is 2.96. The molecule has 0 radical (unpaired) electrons. The lowest BCUT2D eigenvalue weighted by molar-refractivity contribution is 0.102. The summed E-state index contributed by atoms with van der Waals surface area (Å²) in [5.74, 6) is -0.135. The fourth-order valence-electron chi connectivity index (χ4n) is 2.39. The highest BCUT2D eigenvalue weighted by atomic mass is 32.1. The second-order valence-corrected chi connectivity index (χ2v) is 6.79. The molecule has 0 aliphatic rings. The van der Waals surface area contributed by atoms with Gasteiger partial charge in [-0.1, -0.05) is 23.5 Å². The number of rotatable bonds is 3. The molecule has 1 N–H and O–H groups in total. The Labute approximate surface area is 139 Å². The molecule has 23 heavy (non-hydrogen) atoms. The molecule has 1 aromatic heterocycles. The lowest BCUT2D eigenvalue weighted by Crippen LogP contribution is -2.13. The quantitative estimate of drug-likeness (QED) is 0.784. The Morgan fingerprint density at radius 3 is 2.30 bits per heavy atom. The maximum absolute atomic E-state index is 12.4. The van der Waals surface area contributed by atoms with Crippen molar-refractivity contribution in [2.75, 3.05) is 24.3 Å². The van der Waals surface area contributed by atoms with E-state index in [4.69, 9.17) is 0 Å². The van der Waals surface area contributed by atoms with Crippen LogP contribution < -0.4 is 10.2 Å². The van der Waals surface area contributed by atoms with Gasteiger partial charge in [-0.05, 0) is 49.2 Å². The molecule has 0 aliphatic carbocycles. The fourth-order valence-corrected chi connectivity index (χ4v) is 3.40. The second kappa shape index (κ2) is 6.01. The van der Waals surface area contributed by atoms with Crippen molar-refractivity contribution in [1.29, 1.82) is 0 Å². The van der Waals surface area contributed by atoms with Crippen molar-refractivity contribution in [2.24, 2.45) is 0 Å². The summed E-state index contributed by atoms with van der Waals surface area (Å²) in [4.78, 5) is 18.9. The lowest BCUT2D eigenvalue weighted by Gasteiger charge is -2.12. The van der Waals surface area contributed by atoms with Crippen LogP contribution in [0.5, 0.6) is 0 Å². The van der Waals surface area contributed by atoms with Gasteiger partial charge in [-0.2, -0.15) is 0 Å². The Morgan fingerprint density at radius 1 is 1.04 bits per heavy atom. The van der Waals surface area contributed by atoms with Crippen LogP contribution >= 0.6 is 11.3 Å². The molecule has 118 valence electrons. The first-order chi connectivity index (χ1) is 11.0. The molecule has 0 atom stereocenters. The molecule has 5 heteroatoms. The van der Waals surface area contributed by atoms with Gasteiger partial charge in [-0.15, -0.1) is 0 Å². The zero-order valence-corrected chi connectivity index (χ0v) is 14.5. The highest BCUT2D eigenvalue weighted by molar-refractivity contribution is 7.22. The van der Waals surface area contributed by atoms with Gasteiger partial charge in [0.1, 0.15) is 0 Å². The van der Waals surface area contributed by atoms with Crippen LogP contribution in [0.25, 0.3) is 10.2 Å². The van der Waals surface area contributed by atoms with Crippen molar-refractivity contribution in [2.45, 2.75) is 13.8 Å². The molecule has 1 amide bonds. The maximum Gasteiger partial charge on any atom is 0.257 e. The fraction of sp³-hybridized carbons (Fsp3) is 0.222. The first-order valence-corrected chi connectivity index (χ1v) is 8.23. The Bertz CT molecular complexity index is 827. The number of nitrogens with one attached hydrogen (secondary N) is 1. The molecule has 4 nitrogen and oxygen atoms in total. The number of benzene rings is 2. The largest absolute Gasteiger partial charge is 0.378 e. The Morgan fingerprint density at radius 2 is 1.70 bits per heavy atom. The molecule has 0 fully saturated rings. The predicted octanol–water partition coefficient (Wildman–Crippen LogP) is 4.23. The number of hydrogen-bond acceptors (Lipinski definition) is 4. The van der Waals surface area contributed by atoms with Crippen LogP contribution in [0, 0.1) is 13.8 Å². The normalized spacial score (nSPS) is 10.8. The van der Waals surface area contributed by atoms with Gasteiger partial charge in [0.05, 0.1) is 10.2 Å². The van der Waals surface area contributed by atoms with Crippen molar-refractivity contribution >= 4 is 38.3 Å². The van der Waals surface area contributed by atoms with Crippen molar-refractivity contribution in [3.63, 3.8) is 0 Å². The molecule has 2 aromatic carbocycles. The summed E-state index contributed by atoms with van der Waals surface area (Å²) in [5.41, 5.74) is 4.96. The summed E-state index contributed by atoms with van der Waals surface area (Å²) < 4.78 is 1.13. The first-order valence-electron chi connectivity index (χ1n) is 7.41. The molecule has 0 spiro atoms. The number of thiazole rings is 1. The molecule has 0 unspecified atom stereocenters.